The van der Waals surface area contributed by atoms with Crippen LogP contribution in [0.5, 0.6) is 0 Å². The van der Waals surface area contributed by atoms with Crippen LogP contribution in [0.3, 0.4) is 0 Å². The van der Waals surface area contributed by atoms with E-state index < -0.39 is 0 Å². The van der Waals surface area contributed by atoms with Gasteiger partial charge in [0.1, 0.15) is 0 Å². The number of hydrogen-bond donors (Lipinski definition) is 0. The molecule has 0 bridgehead atoms. The van der Waals surface area contributed by atoms with Crippen molar-refractivity contribution < 1.29 is 22.3 Å². The van der Waals surface area contributed by atoms with E-state index >= 15 is 0 Å². The molecule has 0 aromatic rings. The van der Waals surface area contributed by atoms with Crippen LogP contribution >= 0.6 is 0 Å². The summed E-state index contributed by atoms with van der Waals surface area (Å²) >= 11 is 0. The first-order valence-corrected chi connectivity index (χ1v) is 0. The molecule has 0 saturated heterocycles. The maximum absolute atomic E-state index is 0. The van der Waals surface area contributed by atoms with Crippen LogP contribution in [-0.4, -0.2) is 48.8 Å². The van der Waals surface area contributed by atoms with Crippen molar-refractivity contribution in [3.63, 3.8) is 0 Å². The Labute approximate surface area is 70.7 Å². The van der Waals surface area contributed by atoms with Gasteiger partial charge in [-0.05, 0) is 0 Å². The van der Waals surface area contributed by atoms with Crippen molar-refractivity contribution in [2.45, 2.75) is 0 Å². The minimum Gasteiger partial charge on any atom is -1.00 e. The third-order valence-corrected chi connectivity index (χ3v) is 0. The summed E-state index contributed by atoms with van der Waals surface area (Å²) in [6, 6.07) is 0. The molecule has 0 rings (SSSR count). The second-order valence-corrected chi connectivity index (χ2v) is 0. The van der Waals surface area contributed by atoms with Crippen LogP contribution in [0.1, 0.15) is 2.85 Å². The Morgan fingerprint density at radius 3 is 1.25 bits per heavy atom. The van der Waals surface area contributed by atoms with Crippen molar-refractivity contribution in [3.05, 3.63) is 0 Å². The van der Waals surface area contributed by atoms with Crippen LogP contribution in [-0.2, 0) is 19.5 Å². The van der Waals surface area contributed by atoms with Crippen LogP contribution in [0, 0.1) is 0 Å². The van der Waals surface area contributed by atoms with Gasteiger partial charge in [0.15, 0.2) is 17.4 Å². The van der Waals surface area contributed by atoms with Crippen molar-refractivity contribution in [2.24, 2.45) is 0 Å². The van der Waals surface area contributed by atoms with Crippen LogP contribution in [0.2, 0.25) is 0 Å². The van der Waals surface area contributed by atoms with Gasteiger partial charge in [0.2, 0.25) is 0 Å². The summed E-state index contributed by atoms with van der Waals surface area (Å²) < 4.78 is 0. The smallest absolute Gasteiger partial charge is 1.00 e. The Bertz CT molecular complexity index is 13.5. The SMILES string of the molecule is [AlH3].[B].[H-].[H-].[Mg+2].[Zn]. The fourth-order valence-electron chi connectivity index (χ4n) is 0. The normalized spacial score (nSPS) is 0. The van der Waals surface area contributed by atoms with Gasteiger partial charge in [0.05, 0.1) is 0 Å². The van der Waals surface area contributed by atoms with Gasteiger partial charge in [-0.15, -0.1) is 0 Å². The summed E-state index contributed by atoms with van der Waals surface area (Å²) in [6.07, 6.45) is 0. The van der Waals surface area contributed by atoms with E-state index in [9.17, 15) is 0 Å². The summed E-state index contributed by atoms with van der Waals surface area (Å²) in [7, 11) is 0. The van der Waals surface area contributed by atoms with Crippen molar-refractivity contribution in [1.29, 1.82) is 0 Å². The molecule has 0 aromatic carbocycles. The molecule has 0 spiro atoms. The van der Waals surface area contributed by atoms with E-state index in [0.29, 0.717) is 0 Å². The summed E-state index contributed by atoms with van der Waals surface area (Å²) in [4.78, 5) is 0. The van der Waals surface area contributed by atoms with Crippen molar-refractivity contribution in [3.8, 4) is 0 Å². The van der Waals surface area contributed by atoms with E-state index in [0.717, 1.165) is 0 Å². The predicted octanol–water partition coefficient (Wildman–Crippen LogP) is -1.72. The Kier molecular flexibility index (Phi) is 189. The van der Waals surface area contributed by atoms with Gasteiger partial charge in [-0.3, -0.25) is 0 Å². The molecule has 0 saturated carbocycles. The maximum Gasteiger partial charge on any atom is 2.00 e. The van der Waals surface area contributed by atoms with Gasteiger partial charge >= 0.3 is 23.1 Å². The average molecular weight is 133 g/mol. The van der Waals surface area contributed by atoms with Gasteiger partial charge in [0.25, 0.3) is 0 Å². The largest absolute Gasteiger partial charge is 2.00 e. The van der Waals surface area contributed by atoms with Gasteiger partial charge in [-0.1, -0.05) is 0 Å². The van der Waals surface area contributed by atoms with Crippen LogP contribution < -0.4 is 0 Å². The molecule has 0 atom stereocenters. The molecule has 0 heterocycles. The average Bonchev–Trinajstić information content (AvgIpc) is 0. The van der Waals surface area contributed by atoms with E-state index in [1.165, 1.54) is 0 Å². The molecule has 0 N–H and O–H groups in total. The summed E-state index contributed by atoms with van der Waals surface area (Å²) in [5.41, 5.74) is 0. The molecular formula is H5AlBMgZn. The second kappa shape index (κ2) is 20.1. The van der Waals surface area contributed by atoms with Crippen molar-refractivity contribution in [2.75, 3.05) is 0 Å². The van der Waals surface area contributed by atoms with Crippen LogP contribution in [0.4, 0.5) is 0 Å². The Morgan fingerprint density at radius 1 is 1.25 bits per heavy atom. The van der Waals surface area contributed by atoms with Gasteiger partial charge in [0, 0.05) is 27.9 Å². The van der Waals surface area contributed by atoms with E-state index in [4.69, 9.17) is 0 Å². The molecule has 0 aliphatic rings. The van der Waals surface area contributed by atoms with E-state index in [-0.39, 0.29) is 71.2 Å². The molecule has 0 aromatic heterocycles. The van der Waals surface area contributed by atoms with Crippen LogP contribution in [0.15, 0.2) is 0 Å². The maximum atomic E-state index is 0. The fourth-order valence-corrected chi connectivity index (χ4v) is 0. The Morgan fingerprint density at radius 2 is 1.25 bits per heavy atom. The monoisotopic (exact) mass is 131 g/mol. The van der Waals surface area contributed by atoms with Gasteiger partial charge < -0.3 is 2.85 Å². The zero-order chi connectivity index (χ0) is 0. The molecule has 0 unspecified atom stereocenters. The molecule has 4 heavy (non-hydrogen) atoms. The summed E-state index contributed by atoms with van der Waals surface area (Å²) in [5, 5.41) is 0. The molecular weight excluding hydrogens is 127 g/mol. The topological polar surface area (TPSA) is 0 Å². The quantitative estimate of drug-likeness (QED) is 0.344. The minimum atomic E-state index is 0. The van der Waals surface area contributed by atoms with E-state index in [1.54, 1.807) is 0 Å². The predicted molar refractivity (Wildman–Crippen MR) is 23.7 cm³/mol. The first-order valence-electron chi connectivity index (χ1n) is 0. The van der Waals surface area contributed by atoms with Crippen molar-refractivity contribution >= 4 is 48.8 Å². The summed E-state index contributed by atoms with van der Waals surface area (Å²) in [6.45, 7) is 0. The second-order valence-electron chi connectivity index (χ2n) is 0. The molecule has 0 aliphatic heterocycles. The molecule has 0 amide bonds. The number of hydrogen-bond acceptors (Lipinski definition) is 0. The molecule has 4 heteroatoms. The zero-order valence-electron chi connectivity index (χ0n) is 3.99. The van der Waals surface area contributed by atoms with E-state index in [2.05, 4.69) is 0 Å². The van der Waals surface area contributed by atoms with Gasteiger partial charge in [-0.2, -0.15) is 0 Å². The molecule has 15 valence electrons. The summed E-state index contributed by atoms with van der Waals surface area (Å²) in [5.74, 6) is 0. The number of rotatable bonds is 0. The molecule has 0 fully saturated rings. The fraction of sp³-hybridized carbons (Fsp3) is 0. The molecule has 0 nitrogen and oxygen atoms in total. The van der Waals surface area contributed by atoms with Crippen molar-refractivity contribution in [1.82, 2.24) is 0 Å². The first-order chi connectivity index (χ1) is 0. The zero-order valence-corrected chi connectivity index (χ0v) is 6.37. The molecule has 3 radical (unpaired) electrons. The van der Waals surface area contributed by atoms with Crippen LogP contribution in [0.25, 0.3) is 0 Å². The van der Waals surface area contributed by atoms with Gasteiger partial charge in [-0.25, -0.2) is 0 Å². The Hall–Kier alpha value is 1.99. The van der Waals surface area contributed by atoms with E-state index in [1.807, 2.05) is 0 Å². The minimum absolute atomic E-state index is 0. The standard InChI is InChI=1S/Al.B.Mg.Zn.5H/q;;+2;;;;;2*-1. The third-order valence-electron chi connectivity index (χ3n) is 0. The third kappa shape index (κ3) is 9.01. The first kappa shape index (κ1) is 37.7. The molecule has 0 aliphatic carbocycles. The Balaban J connectivity index is 0.